The van der Waals surface area contributed by atoms with Crippen LogP contribution in [-0.4, -0.2) is 4.98 Å². The van der Waals surface area contributed by atoms with Gasteiger partial charge in [0.25, 0.3) is 0 Å². The number of aromatic nitrogens is 1. The second-order valence-corrected chi connectivity index (χ2v) is 4.44. The summed E-state index contributed by atoms with van der Waals surface area (Å²) in [5.74, 6) is -1.31. The van der Waals surface area contributed by atoms with Gasteiger partial charge in [-0.25, -0.2) is 4.39 Å². The van der Waals surface area contributed by atoms with Crippen molar-refractivity contribution in [2.75, 3.05) is 0 Å². The lowest BCUT2D eigenvalue weighted by atomic mass is 10.1. The Labute approximate surface area is 101 Å². The third kappa shape index (κ3) is 1.82. The fourth-order valence-corrected chi connectivity index (χ4v) is 2.44. The monoisotopic (exact) mass is 313 g/mol. The zero-order chi connectivity index (χ0) is 12.1. The van der Waals surface area contributed by atoms with Gasteiger partial charge >= 0.3 is 6.18 Å². The number of halogens is 5. The van der Waals surface area contributed by atoms with Gasteiger partial charge in [0, 0.05) is 5.39 Å². The van der Waals surface area contributed by atoms with Gasteiger partial charge in [-0.15, -0.1) is 12.6 Å². The molecule has 0 saturated carbocycles. The average molecular weight is 314 g/mol. The third-order valence-electron chi connectivity index (χ3n) is 2.08. The van der Waals surface area contributed by atoms with E-state index in [2.05, 4.69) is 33.5 Å². The van der Waals surface area contributed by atoms with Crippen molar-refractivity contribution >= 4 is 39.5 Å². The highest BCUT2D eigenvalue weighted by Crippen LogP contribution is 2.40. The normalized spacial score (nSPS) is 12.4. The highest BCUT2D eigenvalue weighted by Gasteiger charge is 2.37. The summed E-state index contributed by atoms with van der Waals surface area (Å²) in [5.41, 5.74) is -1.13. The molecule has 16 heavy (non-hydrogen) atoms. The molecule has 0 aliphatic carbocycles. The lowest BCUT2D eigenvalue weighted by molar-refractivity contribution is -0.140. The second-order valence-electron chi connectivity index (χ2n) is 3.16. The van der Waals surface area contributed by atoms with E-state index in [9.17, 15) is 17.6 Å². The summed E-state index contributed by atoms with van der Waals surface area (Å²) in [5, 5.41) is 0.705. The molecule has 1 heterocycles. The summed E-state index contributed by atoms with van der Waals surface area (Å²) in [4.78, 5) is 2.62. The van der Waals surface area contributed by atoms with Crippen molar-refractivity contribution < 1.29 is 17.6 Å². The topological polar surface area (TPSA) is 15.8 Å². The molecule has 0 fully saturated rings. The lowest BCUT2D eigenvalue weighted by Gasteiger charge is -2.10. The van der Waals surface area contributed by atoms with E-state index < -0.39 is 17.6 Å². The first-order chi connectivity index (χ1) is 7.30. The molecular formula is C9H4BrF4NS. The van der Waals surface area contributed by atoms with Crippen molar-refractivity contribution in [2.24, 2.45) is 0 Å². The Hall–Kier alpha value is -0.690. The summed E-state index contributed by atoms with van der Waals surface area (Å²) in [6, 6.07) is 2.28. The van der Waals surface area contributed by atoms with Crippen LogP contribution in [0.2, 0.25) is 0 Å². The number of benzene rings is 1. The minimum atomic E-state index is -4.74. The number of hydrogen-bond donors (Lipinski definition) is 2. The molecule has 0 saturated heterocycles. The van der Waals surface area contributed by atoms with Crippen LogP contribution < -0.4 is 0 Å². The van der Waals surface area contributed by atoms with E-state index in [1.807, 2.05) is 0 Å². The Morgan fingerprint density at radius 3 is 2.44 bits per heavy atom. The first kappa shape index (κ1) is 11.8. The van der Waals surface area contributed by atoms with E-state index in [0.29, 0.717) is 10.4 Å². The maximum atomic E-state index is 13.3. The number of fused-ring (bicyclic) bond motifs is 1. The van der Waals surface area contributed by atoms with Crippen molar-refractivity contribution in [3.63, 3.8) is 0 Å². The van der Waals surface area contributed by atoms with E-state index in [4.69, 9.17) is 0 Å². The molecule has 0 aliphatic heterocycles. The van der Waals surface area contributed by atoms with Crippen LogP contribution >= 0.6 is 28.6 Å². The second kappa shape index (κ2) is 3.66. The maximum absolute atomic E-state index is 13.3. The maximum Gasteiger partial charge on any atom is 0.420 e. The van der Waals surface area contributed by atoms with E-state index >= 15 is 0 Å². The zero-order valence-corrected chi connectivity index (χ0v) is 9.97. The molecule has 0 aliphatic rings. The van der Waals surface area contributed by atoms with Crippen LogP contribution in [0.25, 0.3) is 10.9 Å². The Morgan fingerprint density at radius 1 is 1.25 bits per heavy atom. The molecule has 0 radical (unpaired) electrons. The minimum absolute atomic E-state index is 0.179. The first-order valence-corrected chi connectivity index (χ1v) is 5.31. The lowest BCUT2D eigenvalue weighted by Crippen LogP contribution is -2.09. The Balaban J connectivity index is 2.85. The number of alkyl halides is 3. The highest BCUT2D eigenvalue weighted by molar-refractivity contribution is 9.10. The van der Waals surface area contributed by atoms with E-state index in [1.165, 1.54) is 6.07 Å². The van der Waals surface area contributed by atoms with E-state index in [0.717, 1.165) is 6.07 Å². The number of rotatable bonds is 0. The summed E-state index contributed by atoms with van der Waals surface area (Å²) in [6.07, 6.45) is -4.74. The van der Waals surface area contributed by atoms with Crippen LogP contribution in [0.15, 0.2) is 21.6 Å². The summed E-state index contributed by atoms with van der Waals surface area (Å²) < 4.78 is 50.6. The number of nitrogens with one attached hydrogen (secondary N) is 1. The van der Waals surface area contributed by atoms with Crippen LogP contribution in [0, 0.1) is 5.82 Å². The number of H-pyrrole nitrogens is 1. The van der Waals surface area contributed by atoms with Crippen LogP contribution in [0.4, 0.5) is 17.6 Å². The Bertz CT molecular complexity index is 561. The zero-order valence-electron chi connectivity index (χ0n) is 7.49. The molecule has 1 N–H and O–H groups in total. The minimum Gasteiger partial charge on any atom is -0.349 e. The SMILES string of the molecule is Fc1cc2cc(S)[nH]c2c(Br)c1C(F)(F)F. The van der Waals surface area contributed by atoms with Gasteiger partial charge in [-0.1, -0.05) is 0 Å². The molecule has 86 valence electrons. The Kier molecular flexibility index (Phi) is 2.70. The summed E-state index contributed by atoms with van der Waals surface area (Å²) >= 11 is 6.71. The molecule has 0 bridgehead atoms. The fourth-order valence-electron chi connectivity index (χ4n) is 1.45. The molecule has 2 aromatic rings. The van der Waals surface area contributed by atoms with Crippen LogP contribution in [-0.2, 0) is 6.18 Å². The molecule has 0 amide bonds. The van der Waals surface area contributed by atoms with Gasteiger partial charge in [0.2, 0.25) is 0 Å². The highest BCUT2D eigenvalue weighted by atomic mass is 79.9. The Morgan fingerprint density at radius 2 is 1.88 bits per heavy atom. The quantitative estimate of drug-likeness (QED) is 0.530. The standard InChI is InChI=1S/C9H4BrF4NS/c10-7-6(9(12,13)14)4(11)1-3-2-5(16)15-8(3)7/h1-2,15-16H. The first-order valence-electron chi connectivity index (χ1n) is 4.07. The molecule has 7 heteroatoms. The predicted octanol–water partition coefficient (Wildman–Crippen LogP) is 4.38. The molecule has 0 spiro atoms. The average Bonchev–Trinajstić information content (AvgIpc) is 2.43. The molecule has 0 atom stereocenters. The van der Waals surface area contributed by atoms with Crippen molar-refractivity contribution in [1.29, 1.82) is 0 Å². The van der Waals surface area contributed by atoms with Crippen LogP contribution in [0.3, 0.4) is 0 Å². The molecular weight excluding hydrogens is 310 g/mol. The summed E-state index contributed by atoms with van der Waals surface area (Å²) in [7, 11) is 0. The van der Waals surface area contributed by atoms with Gasteiger partial charge in [-0.05, 0) is 28.1 Å². The molecule has 1 nitrogen and oxygen atoms in total. The van der Waals surface area contributed by atoms with Crippen molar-refractivity contribution in [2.45, 2.75) is 11.2 Å². The van der Waals surface area contributed by atoms with Gasteiger partial charge < -0.3 is 4.98 Å². The predicted molar refractivity (Wildman–Crippen MR) is 58.2 cm³/mol. The number of hydrogen-bond acceptors (Lipinski definition) is 1. The summed E-state index contributed by atoms with van der Waals surface area (Å²) in [6.45, 7) is 0. The molecule has 1 aromatic carbocycles. The van der Waals surface area contributed by atoms with Gasteiger partial charge in [-0.3, -0.25) is 0 Å². The van der Waals surface area contributed by atoms with Gasteiger partial charge in [0.1, 0.15) is 11.4 Å². The number of thiol groups is 1. The van der Waals surface area contributed by atoms with Crippen molar-refractivity contribution in [1.82, 2.24) is 4.98 Å². The van der Waals surface area contributed by atoms with E-state index in [-0.39, 0.29) is 9.99 Å². The molecule has 0 unspecified atom stereocenters. The largest absolute Gasteiger partial charge is 0.420 e. The van der Waals surface area contributed by atoms with Gasteiger partial charge in [0.15, 0.2) is 0 Å². The van der Waals surface area contributed by atoms with Crippen LogP contribution in [0.5, 0.6) is 0 Å². The van der Waals surface area contributed by atoms with Crippen molar-refractivity contribution in [3.8, 4) is 0 Å². The van der Waals surface area contributed by atoms with Gasteiger partial charge in [0.05, 0.1) is 15.0 Å². The van der Waals surface area contributed by atoms with E-state index in [1.54, 1.807) is 0 Å². The van der Waals surface area contributed by atoms with Gasteiger partial charge in [-0.2, -0.15) is 13.2 Å². The molecule has 2 rings (SSSR count). The smallest absolute Gasteiger partial charge is 0.349 e. The van der Waals surface area contributed by atoms with Crippen molar-refractivity contribution in [3.05, 3.63) is 28.0 Å². The van der Waals surface area contributed by atoms with Crippen LogP contribution in [0.1, 0.15) is 5.56 Å². The molecule has 1 aromatic heterocycles. The third-order valence-corrected chi connectivity index (χ3v) is 3.11. The number of aromatic amines is 1. The fraction of sp³-hybridized carbons (Fsp3) is 0.111.